The summed E-state index contributed by atoms with van der Waals surface area (Å²) in [6.07, 6.45) is 1.55. The quantitative estimate of drug-likeness (QED) is 0.672. The van der Waals surface area contributed by atoms with E-state index in [1.54, 1.807) is 31.4 Å². The largest absolute Gasteiger partial charge is 0.484 e. The Labute approximate surface area is 117 Å². The number of carbonyl (C=O) groups excluding carboxylic acids is 1. The van der Waals surface area contributed by atoms with E-state index >= 15 is 0 Å². The number of carbonyl (C=O) groups is 1. The standard InChI is InChI=1S/C15H16N2O3/c1-11-5-3-6-13(9-11)20-10-15(18)17-16-12(2)14-7-4-8-19-14/h3-9H,10H2,1-2H3,(H,17,18)/b16-12-. The SMILES string of the molecule is C/C(=N/NC(=O)COc1cccc(C)c1)c1ccco1. The number of hydrazone groups is 1. The van der Waals surface area contributed by atoms with Crippen LogP contribution in [0.25, 0.3) is 0 Å². The van der Waals surface area contributed by atoms with Crippen LogP contribution >= 0.6 is 0 Å². The Morgan fingerprint density at radius 1 is 1.35 bits per heavy atom. The Morgan fingerprint density at radius 3 is 2.90 bits per heavy atom. The lowest BCUT2D eigenvalue weighted by Crippen LogP contribution is -2.25. The van der Waals surface area contributed by atoms with E-state index in [1.807, 2.05) is 25.1 Å². The van der Waals surface area contributed by atoms with Gasteiger partial charge in [0.25, 0.3) is 5.91 Å². The second-order valence-electron chi connectivity index (χ2n) is 4.31. The van der Waals surface area contributed by atoms with Gasteiger partial charge in [-0.15, -0.1) is 0 Å². The molecule has 1 amide bonds. The van der Waals surface area contributed by atoms with Crippen LogP contribution in [0, 0.1) is 6.92 Å². The molecular formula is C15H16N2O3. The van der Waals surface area contributed by atoms with Crippen molar-refractivity contribution in [3.63, 3.8) is 0 Å². The monoisotopic (exact) mass is 272 g/mol. The third-order valence-electron chi connectivity index (χ3n) is 2.59. The first-order chi connectivity index (χ1) is 9.65. The number of rotatable bonds is 5. The van der Waals surface area contributed by atoms with Crippen molar-refractivity contribution in [1.29, 1.82) is 0 Å². The summed E-state index contributed by atoms with van der Waals surface area (Å²) in [5, 5.41) is 3.94. The second-order valence-corrected chi connectivity index (χ2v) is 4.31. The minimum atomic E-state index is -0.322. The van der Waals surface area contributed by atoms with Gasteiger partial charge in [0.1, 0.15) is 17.2 Å². The summed E-state index contributed by atoms with van der Waals surface area (Å²) < 4.78 is 10.5. The molecule has 1 aromatic carbocycles. The van der Waals surface area contributed by atoms with Crippen LogP contribution in [0.4, 0.5) is 0 Å². The van der Waals surface area contributed by atoms with Crippen LogP contribution in [0.1, 0.15) is 18.2 Å². The van der Waals surface area contributed by atoms with E-state index in [1.165, 1.54) is 0 Å². The van der Waals surface area contributed by atoms with Crippen LogP contribution in [0.15, 0.2) is 52.2 Å². The van der Waals surface area contributed by atoms with Gasteiger partial charge < -0.3 is 9.15 Å². The average molecular weight is 272 g/mol. The number of ether oxygens (including phenoxy) is 1. The Morgan fingerprint density at radius 2 is 2.20 bits per heavy atom. The zero-order chi connectivity index (χ0) is 14.4. The number of aryl methyl sites for hydroxylation is 1. The van der Waals surface area contributed by atoms with Crippen molar-refractivity contribution in [3.8, 4) is 5.75 Å². The smallest absolute Gasteiger partial charge is 0.277 e. The molecule has 0 saturated carbocycles. The molecule has 0 fully saturated rings. The fourth-order valence-corrected chi connectivity index (χ4v) is 1.57. The summed E-state index contributed by atoms with van der Waals surface area (Å²) in [6.45, 7) is 3.63. The van der Waals surface area contributed by atoms with Crippen LogP contribution in [0.5, 0.6) is 5.75 Å². The molecule has 0 aliphatic rings. The molecule has 0 bridgehead atoms. The zero-order valence-corrected chi connectivity index (χ0v) is 11.4. The normalized spacial score (nSPS) is 11.2. The van der Waals surface area contributed by atoms with Crippen molar-refractivity contribution in [2.24, 2.45) is 5.10 Å². The molecule has 104 valence electrons. The second kappa shape index (κ2) is 6.56. The molecule has 5 nitrogen and oxygen atoms in total. The van der Waals surface area contributed by atoms with Crippen molar-refractivity contribution >= 4 is 11.6 Å². The van der Waals surface area contributed by atoms with Crippen molar-refractivity contribution in [2.75, 3.05) is 6.61 Å². The molecule has 1 aromatic heterocycles. The van der Waals surface area contributed by atoms with Gasteiger partial charge in [0.05, 0.1) is 6.26 Å². The van der Waals surface area contributed by atoms with E-state index in [4.69, 9.17) is 9.15 Å². The lowest BCUT2D eigenvalue weighted by atomic mass is 10.2. The van der Waals surface area contributed by atoms with E-state index in [2.05, 4.69) is 10.5 Å². The van der Waals surface area contributed by atoms with Crippen molar-refractivity contribution in [2.45, 2.75) is 13.8 Å². The van der Waals surface area contributed by atoms with E-state index < -0.39 is 0 Å². The van der Waals surface area contributed by atoms with Crippen molar-refractivity contribution in [3.05, 3.63) is 54.0 Å². The minimum Gasteiger partial charge on any atom is -0.484 e. The molecule has 0 atom stereocenters. The lowest BCUT2D eigenvalue weighted by molar-refractivity contribution is -0.123. The molecule has 0 unspecified atom stereocenters. The highest BCUT2D eigenvalue weighted by molar-refractivity contribution is 5.96. The molecule has 1 N–H and O–H groups in total. The molecule has 0 aliphatic heterocycles. The van der Waals surface area contributed by atoms with Gasteiger partial charge in [0.2, 0.25) is 0 Å². The van der Waals surface area contributed by atoms with Gasteiger partial charge in [0, 0.05) is 0 Å². The highest BCUT2D eigenvalue weighted by Gasteiger charge is 2.04. The van der Waals surface area contributed by atoms with Gasteiger partial charge in [0.15, 0.2) is 6.61 Å². The van der Waals surface area contributed by atoms with Crippen LogP contribution < -0.4 is 10.2 Å². The molecular weight excluding hydrogens is 256 g/mol. The van der Waals surface area contributed by atoms with Gasteiger partial charge in [-0.3, -0.25) is 4.79 Å². The summed E-state index contributed by atoms with van der Waals surface area (Å²) in [7, 11) is 0. The van der Waals surface area contributed by atoms with Gasteiger partial charge in [-0.05, 0) is 43.7 Å². The number of amides is 1. The first kappa shape index (κ1) is 13.9. The summed E-state index contributed by atoms with van der Waals surface area (Å²) in [4.78, 5) is 11.6. The Hall–Kier alpha value is -2.56. The van der Waals surface area contributed by atoms with Crippen LogP contribution in [0.3, 0.4) is 0 Å². The third kappa shape index (κ3) is 3.98. The first-order valence-electron chi connectivity index (χ1n) is 6.21. The molecule has 0 radical (unpaired) electrons. The maximum Gasteiger partial charge on any atom is 0.277 e. The maximum atomic E-state index is 11.6. The number of hydrogen-bond acceptors (Lipinski definition) is 4. The summed E-state index contributed by atoms with van der Waals surface area (Å²) in [6, 6.07) is 11.0. The Kier molecular flexibility index (Phi) is 4.55. The van der Waals surface area contributed by atoms with Crippen molar-refractivity contribution < 1.29 is 13.9 Å². The maximum absolute atomic E-state index is 11.6. The van der Waals surface area contributed by atoms with Gasteiger partial charge in [-0.25, -0.2) is 5.43 Å². The summed E-state index contributed by atoms with van der Waals surface area (Å²) in [5.41, 5.74) is 4.09. The van der Waals surface area contributed by atoms with Crippen LogP contribution in [0.2, 0.25) is 0 Å². The number of benzene rings is 1. The molecule has 0 aliphatic carbocycles. The number of furan rings is 1. The fraction of sp³-hybridized carbons (Fsp3) is 0.200. The summed E-state index contributed by atoms with van der Waals surface area (Å²) >= 11 is 0. The van der Waals surface area contributed by atoms with Gasteiger partial charge >= 0.3 is 0 Å². The fourth-order valence-electron chi connectivity index (χ4n) is 1.57. The molecule has 20 heavy (non-hydrogen) atoms. The van der Waals surface area contributed by atoms with Crippen LogP contribution in [-0.4, -0.2) is 18.2 Å². The number of nitrogens with zero attached hydrogens (tertiary/aromatic N) is 1. The molecule has 0 saturated heterocycles. The third-order valence-corrected chi connectivity index (χ3v) is 2.59. The van der Waals surface area contributed by atoms with E-state index in [0.717, 1.165) is 5.56 Å². The average Bonchev–Trinajstić information content (AvgIpc) is 2.97. The van der Waals surface area contributed by atoms with E-state index in [9.17, 15) is 4.79 Å². The summed E-state index contributed by atoms with van der Waals surface area (Å²) in [5.74, 6) is 0.953. The van der Waals surface area contributed by atoms with Gasteiger partial charge in [-0.1, -0.05) is 12.1 Å². The zero-order valence-electron chi connectivity index (χ0n) is 11.4. The van der Waals surface area contributed by atoms with Crippen molar-refractivity contribution in [1.82, 2.24) is 5.43 Å². The highest BCUT2D eigenvalue weighted by atomic mass is 16.5. The molecule has 1 heterocycles. The molecule has 2 aromatic rings. The lowest BCUT2D eigenvalue weighted by Gasteiger charge is -2.05. The predicted molar refractivity (Wildman–Crippen MR) is 75.7 cm³/mol. The highest BCUT2D eigenvalue weighted by Crippen LogP contribution is 2.11. The van der Waals surface area contributed by atoms with Gasteiger partial charge in [-0.2, -0.15) is 5.10 Å². The van der Waals surface area contributed by atoms with E-state index in [-0.39, 0.29) is 12.5 Å². The molecule has 2 rings (SSSR count). The molecule has 0 spiro atoms. The topological polar surface area (TPSA) is 63.8 Å². The first-order valence-corrected chi connectivity index (χ1v) is 6.21. The Balaban J connectivity index is 1.83. The van der Waals surface area contributed by atoms with E-state index in [0.29, 0.717) is 17.2 Å². The minimum absolute atomic E-state index is 0.0849. The Bertz CT molecular complexity index is 603. The predicted octanol–water partition coefficient (Wildman–Crippen LogP) is 2.51. The molecule has 5 heteroatoms. The van der Waals surface area contributed by atoms with Crippen LogP contribution in [-0.2, 0) is 4.79 Å². The number of nitrogens with one attached hydrogen (secondary N) is 1. The number of hydrogen-bond donors (Lipinski definition) is 1.